The van der Waals surface area contributed by atoms with Crippen molar-refractivity contribution >= 4 is 11.9 Å². The van der Waals surface area contributed by atoms with E-state index in [2.05, 4.69) is 4.74 Å². The van der Waals surface area contributed by atoms with E-state index < -0.39 is 36.4 Å². The number of hydrogen-bond acceptors (Lipinski definition) is 3. The summed E-state index contributed by atoms with van der Waals surface area (Å²) in [6.45, 7) is 0.910. The van der Waals surface area contributed by atoms with Gasteiger partial charge < -0.3 is 9.84 Å². The van der Waals surface area contributed by atoms with Crippen LogP contribution >= 0.6 is 0 Å². The number of halogens is 3. The Hall–Kier alpha value is -1.27. The average Bonchev–Trinajstić information content (AvgIpc) is 2.11. The highest BCUT2D eigenvalue weighted by atomic mass is 19.4. The predicted molar refractivity (Wildman–Crippen MR) is 43.0 cm³/mol. The van der Waals surface area contributed by atoms with Crippen LogP contribution < -0.4 is 0 Å². The Balaban J connectivity index is 4.68. The molecule has 7 heteroatoms. The fourth-order valence-corrected chi connectivity index (χ4v) is 0.913. The van der Waals surface area contributed by atoms with Crippen LogP contribution in [0.2, 0.25) is 0 Å². The van der Waals surface area contributed by atoms with Gasteiger partial charge in [0, 0.05) is 6.42 Å². The zero-order chi connectivity index (χ0) is 12.3. The number of hydrogen-bond donors (Lipinski definition) is 1. The molecule has 0 fully saturated rings. The number of ether oxygens (including phenoxy) is 1. The van der Waals surface area contributed by atoms with Gasteiger partial charge in [-0.2, -0.15) is 13.2 Å². The highest BCUT2D eigenvalue weighted by Gasteiger charge is 2.45. The summed E-state index contributed by atoms with van der Waals surface area (Å²) in [6, 6.07) is 0. The van der Waals surface area contributed by atoms with E-state index in [1.165, 1.54) is 0 Å². The number of carboxylic acids is 1. The summed E-state index contributed by atoms with van der Waals surface area (Å²) in [4.78, 5) is 21.7. The lowest BCUT2D eigenvalue weighted by Gasteiger charge is -2.22. The lowest BCUT2D eigenvalue weighted by atomic mass is 9.85. The molecule has 0 aliphatic heterocycles. The maximum absolute atomic E-state index is 11.9. The molecular formula is C8H11F3O4. The summed E-state index contributed by atoms with van der Waals surface area (Å²) in [5.41, 5.74) is -2.15. The summed E-state index contributed by atoms with van der Waals surface area (Å²) in [5.74, 6) is -2.81. The van der Waals surface area contributed by atoms with E-state index in [0.29, 0.717) is 0 Å². The molecule has 0 aliphatic carbocycles. The largest absolute Gasteiger partial charge is 0.480 e. The number of rotatable bonds is 4. The van der Waals surface area contributed by atoms with E-state index >= 15 is 0 Å². The highest BCUT2D eigenvalue weighted by Crippen LogP contribution is 2.31. The van der Waals surface area contributed by atoms with E-state index in [1.54, 1.807) is 0 Å². The van der Waals surface area contributed by atoms with Crippen molar-refractivity contribution in [3.8, 4) is 0 Å². The molecule has 15 heavy (non-hydrogen) atoms. The van der Waals surface area contributed by atoms with Crippen LogP contribution in [0.25, 0.3) is 0 Å². The first-order chi connectivity index (χ1) is 6.63. The number of carbonyl (C=O) groups is 2. The molecule has 0 spiro atoms. The quantitative estimate of drug-likeness (QED) is 0.586. The lowest BCUT2D eigenvalue weighted by molar-refractivity contribution is -0.171. The SMILES string of the molecule is COC(=O)C(C)(CCC(F)(F)F)C(=O)O. The number of esters is 1. The molecule has 1 unspecified atom stereocenters. The lowest BCUT2D eigenvalue weighted by Crippen LogP contribution is -2.38. The standard InChI is InChI=1S/C8H11F3O4/c1-7(5(12)13,6(14)15-2)3-4-8(9,10)11/h3-4H2,1-2H3,(H,12,13). The average molecular weight is 228 g/mol. The Labute approximate surface area is 84.0 Å². The number of carboxylic acid groups (broad SMARTS) is 1. The molecule has 0 aromatic rings. The molecule has 0 aromatic carbocycles. The smallest absolute Gasteiger partial charge is 0.389 e. The van der Waals surface area contributed by atoms with E-state index in [4.69, 9.17) is 5.11 Å². The van der Waals surface area contributed by atoms with E-state index in [0.717, 1.165) is 14.0 Å². The Morgan fingerprint density at radius 2 is 1.73 bits per heavy atom. The van der Waals surface area contributed by atoms with Crippen molar-refractivity contribution in [1.29, 1.82) is 0 Å². The van der Waals surface area contributed by atoms with E-state index in [1.807, 2.05) is 0 Å². The van der Waals surface area contributed by atoms with Crippen molar-refractivity contribution in [1.82, 2.24) is 0 Å². The van der Waals surface area contributed by atoms with Crippen molar-refractivity contribution in [2.45, 2.75) is 25.9 Å². The molecule has 0 saturated carbocycles. The van der Waals surface area contributed by atoms with Crippen LogP contribution in [0, 0.1) is 5.41 Å². The van der Waals surface area contributed by atoms with Crippen LogP contribution in [-0.4, -0.2) is 30.3 Å². The second kappa shape index (κ2) is 4.50. The Kier molecular flexibility index (Phi) is 4.12. The van der Waals surface area contributed by atoms with Gasteiger partial charge in [0.15, 0.2) is 5.41 Å². The molecule has 1 atom stereocenters. The third-order valence-electron chi connectivity index (χ3n) is 2.02. The van der Waals surface area contributed by atoms with Gasteiger partial charge >= 0.3 is 18.1 Å². The fourth-order valence-electron chi connectivity index (χ4n) is 0.913. The molecule has 0 amide bonds. The summed E-state index contributed by atoms with van der Waals surface area (Å²) < 4.78 is 39.8. The van der Waals surface area contributed by atoms with Crippen molar-refractivity contribution < 1.29 is 32.6 Å². The Bertz CT molecular complexity index is 261. The van der Waals surface area contributed by atoms with Gasteiger partial charge in [-0.3, -0.25) is 9.59 Å². The minimum absolute atomic E-state index is 0.835. The summed E-state index contributed by atoms with van der Waals surface area (Å²) in [7, 11) is 0.928. The minimum Gasteiger partial charge on any atom is -0.480 e. The van der Waals surface area contributed by atoms with E-state index in [9.17, 15) is 22.8 Å². The van der Waals surface area contributed by atoms with E-state index in [-0.39, 0.29) is 0 Å². The fraction of sp³-hybridized carbons (Fsp3) is 0.750. The zero-order valence-corrected chi connectivity index (χ0v) is 8.22. The highest BCUT2D eigenvalue weighted by molar-refractivity contribution is 5.98. The second-order valence-corrected chi connectivity index (χ2v) is 3.24. The molecule has 0 saturated heterocycles. The van der Waals surface area contributed by atoms with Crippen molar-refractivity contribution in [3.05, 3.63) is 0 Å². The van der Waals surface area contributed by atoms with Gasteiger partial charge in [0.2, 0.25) is 0 Å². The van der Waals surface area contributed by atoms with Crippen LogP contribution in [0.4, 0.5) is 13.2 Å². The van der Waals surface area contributed by atoms with Crippen molar-refractivity contribution in [2.24, 2.45) is 5.41 Å². The van der Waals surface area contributed by atoms with Gasteiger partial charge in [-0.1, -0.05) is 0 Å². The molecule has 0 aromatic heterocycles. The maximum Gasteiger partial charge on any atom is 0.389 e. The summed E-state index contributed by atoms with van der Waals surface area (Å²) >= 11 is 0. The van der Waals surface area contributed by atoms with Crippen molar-refractivity contribution in [3.63, 3.8) is 0 Å². The van der Waals surface area contributed by atoms with Crippen LogP contribution in [0.3, 0.4) is 0 Å². The van der Waals surface area contributed by atoms with Crippen LogP contribution in [0.1, 0.15) is 19.8 Å². The third kappa shape index (κ3) is 3.77. The number of methoxy groups -OCH3 is 1. The molecule has 4 nitrogen and oxygen atoms in total. The number of carbonyl (C=O) groups excluding carboxylic acids is 1. The number of aliphatic carboxylic acids is 1. The molecule has 88 valence electrons. The molecule has 0 radical (unpaired) electrons. The van der Waals surface area contributed by atoms with Crippen molar-refractivity contribution in [2.75, 3.05) is 7.11 Å². The monoisotopic (exact) mass is 228 g/mol. The molecule has 0 bridgehead atoms. The molecule has 0 aliphatic rings. The summed E-state index contributed by atoms with van der Waals surface area (Å²) in [6.07, 6.45) is -6.67. The molecule has 1 N–H and O–H groups in total. The van der Waals surface area contributed by atoms with Gasteiger partial charge in [0.05, 0.1) is 7.11 Å². The van der Waals surface area contributed by atoms with Crippen LogP contribution in [0.5, 0.6) is 0 Å². The van der Waals surface area contributed by atoms with Gasteiger partial charge in [0.1, 0.15) is 0 Å². The first-order valence-electron chi connectivity index (χ1n) is 4.02. The molecule has 0 heterocycles. The minimum atomic E-state index is -4.50. The van der Waals surface area contributed by atoms with Crippen LogP contribution in [-0.2, 0) is 14.3 Å². The van der Waals surface area contributed by atoms with Gasteiger partial charge in [0.25, 0.3) is 0 Å². The third-order valence-corrected chi connectivity index (χ3v) is 2.02. The Morgan fingerprint density at radius 3 is 2.00 bits per heavy atom. The summed E-state index contributed by atoms with van der Waals surface area (Å²) in [5, 5.41) is 8.66. The van der Waals surface area contributed by atoms with Gasteiger partial charge in [-0.05, 0) is 13.3 Å². The van der Waals surface area contributed by atoms with Gasteiger partial charge in [-0.15, -0.1) is 0 Å². The zero-order valence-electron chi connectivity index (χ0n) is 8.22. The van der Waals surface area contributed by atoms with Crippen LogP contribution in [0.15, 0.2) is 0 Å². The predicted octanol–water partition coefficient (Wildman–Crippen LogP) is 1.59. The Morgan fingerprint density at radius 1 is 1.27 bits per heavy atom. The topological polar surface area (TPSA) is 63.6 Å². The number of alkyl halides is 3. The van der Waals surface area contributed by atoms with Gasteiger partial charge in [-0.25, -0.2) is 0 Å². The molecule has 0 rings (SSSR count). The first-order valence-corrected chi connectivity index (χ1v) is 4.02. The normalized spacial score (nSPS) is 15.5. The molecular weight excluding hydrogens is 217 g/mol. The first kappa shape index (κ1) is 13.7. The maximum atomic E-state index is 11.9. The second-order valence-electron chi connectivity index (χ2n) is 3.24.